The van der Waals surface area contributed by atoms with Gasteiger partial charge in [-0.15, -0.1) is 11.6 Å². The Morgan fingerprint density at radius 2 is 2.50 bits per heavy atom. The third kappa shape index (κ3) is 2.64. The van der Waals surface area contributed by atoms with Crippen LogP contribution in [0.2, 0.25) is 0 Å². The molecule has 0 radical (unpaired) electrons. The molecule has 4 heteroatoms. The molecule has 3 nitrogen and oxygen atoms in total. The summed E-state index contributed by atoms with van der Waals surface area (Å²) in [4.78, 5) is 13.1. The maximum absolute atomic E-state index is 10.8. The van der Waals surface area contributed by atoms with Crippen LogP contribution >= 0.6 is 11.6 Å². The Balaban J connectivity index is 2.18. The lowest BCUT2D eigenvalue weighted by atomic mass is 10.2. The number of hydrogen-bond acceptors (Lipinski definition) is 2. The summed E-state index contributed by atoms with van der Waals surface area (Å²) in [5, 5.41) is 2.79. The lowest BCUT2D eigenvalue weighted by Crippen LogP contribution is -2.38. The van der Waals surface area contributed by atoms with Gasteiger partial charge in [0.1, 0.15) is 5.88 Å². The van der Waals surface area contributed by atoms with E-state index in [2.05, 4.69) is 17.3 Å². The molecule has 1 aliphatic heterocycles. The molecular weight excluding hydrogens is 176 g/mol. The van der Waals surface area contributed by atoms with Gasteiger partial charge in [0.15, 0.2) is 0 Å². The number of amides is 1. The number of carbonyl (C=O) groups excluding carboxylic acids is 1. The fourth-order valence-corrected chi connectivity index (χ4v) is 1.61. The monoisotopic (exact) mass is 190 g/mol. The van der Waals surface area contributed by atoms with Crippen molar-refractivity contribution >= 4 is 17.5 Å². The number of alkyl halides is 1. The summed E-state index contributed by atoms with van der Waals surface area (Å²) in [6.45, 7) is 1.88. The number of carbonyl (C=O) groups is 1. The third-order valence-corrected chi connectivity index (χ3v) is 2.57. The van der Waals surface area contributed by atoms with E-state index in [-0.39, 0.29) is 11.8 Å². The third-order valence-electron chi connectivity index (χ3n) is 2.33. The maximum atomic E-state index is 10.8. The van der Waals surface area contributed by atoms with Gasteiger partial charge in [-0.05, 0) is 26.4 Å². The van der Waals surface area contributed by atoms with Crippen molar-refractivity contribution in [1.82, 2.24) is 10.2 Å². The molecule has 0 aromatic carbocycles. The number of likely N-dealkylation sites (tertiary alicyclic amines) is 1. The molecule has 1 heterocycles. The van der Waals surface area contributed by atoms with E-state index in [4.69, 9.17) is 11.6 Å². The van der Waals surface area contributed by atoms with E-state index < -0.39 is 0 Å². The Bertz CT molecular complexity index is 163. The molecule has 1 fully saturated rings. The standard InChI is InChI=1S/C8H15ClN2O/c1-11-4-2-3-7(11)6-10-8(12)5-9/h7H,2-6H2,1H3,(H,10,12)/t7-/m0/s1. The second-order valence-corrected chi connectivity index (χ2v) is 3.48. The van der Waals surface area contributed by atoms with Crippen molar-refractivity contribution in [2.24, 2.45) is 0 Å². The van der Waals surface area contributed by atoms with E-state index in [1.54, 1.807) is 0 Å². The predicted molar refractivity (Wildman–Crippen MR) is 49.4 cm³/mol. The highest BCUT2D eigenvalue weighted by atomic mass is 35.5. The molecule has 0 bridgehead atoms. The van der Waals surface area contributed by atoms with Crippen molar-refractivity contribution in [2.45, 2.75) is 18.9 Å². The first-order valence-electron chi connectivity index (χ1n) is 4.27. The first-order valence-corrected chi connectivity index (χ1v) is 4.80. The molecule has 0 saturated carbocycles. The highest BCUT2D eigenvalue weighted by molar-refractivity contribution is 6.27. The fraction of sp³-hybridized carbons (Fsp3) is 0.875. The van der Waals surface area contributed by atoms with Crippen molar-refractivity contribution in [3.05, 3.63) is 0 Å². The molecule has 1 amide bonds. The lowest BCUT2D eigenvalue weighted by molar-refractivity contribution is -0.118. The van der Waals surface area contributed by atoms with E-state index in [0.29, 0.717) is 6.04 Å². The van der Waals surface area contributed by atoms with Gasteiger partial charge in [0.25, 0.3) is 0 Å². The van der Waals surface area contributed by atoms with Crippen LogP contribution < -0.4 is 5.32 Å². The van der Waals surface area contributed by atoms with Gasteiger partial charge in [0.05, 0.1) is 0 Å². The summed E-state index contributed by atoms with van der Waals surface area (Å²) >= 11 is 5.35. The summed E-state index contributed by atoms with van der Waals surface area (Å²) in [6, 6.07) is 0.511. The minimum Gasteiger partial charge on any atom is -0.353 e. The molecule has 1 saturated heterocycles. The average molecular weight is 191 g/mol. The number of nitrogens with zero attached hydrogens (tertiary/aromatic N) is 1. The topological polar surface area (TPSA) is 32.3 Å². The summed E-state index contributed by atoms with van der Waals surface area (Å²) < 4.78 is 0. The average Bonchev–Trinajstić information content (AvgIpc) is 2.47. The number of nitrogens with one attached hydrogen (secondary N) is 1. The van der Waals surface area contributed by atoms with Crippen LogP contribution in [0, 0.1) is 0 Å². The van der Waals surface area contributed by atoms with E-state index >= 15 is 0 Å². The van der Waals surface area contributed by atoms with Crippen LogP contribution in [0.4, 0.5) is 0 Å². The molecule has 0 spiro atoms. The molecular formula is C8H15ClN2O. The summed E-state index contributed by atoms with van der Waals surface area (Å²) in [6.07, 6.45) is 2.41. The van der Waals surface area contributed by atoms with Crippen LogP contribution in [0.25, 0.3) is 0 Å². The SMILES string of the molecule is CN1CCC[C@H]1CNC(=O)CCl. The van der Waals surface area contributed by atoms with Gasteiger partial charge in [-0.1, -0.05) is 0 Å². The van der Waals surface area contributed by atoms with Gasteiger partial charge in [-0.2, -0.15) is 0 Å². The van der Waals surface area contributed by atoms with Crippen LogP contribution in [0.5, 0.6) is 0 Å². The minimum atomic E-state index is -0.0723. The fourth-order valence-electron chi connectivity index (χ4n) is 1.52. The van der Waals surface area contributed by atoms with Gasteiger partial charge < -0.3 is 10.2 Å². The van der Waals surface area contributed by atoms with Gasteiger partial charge in [-0.3, -0.25) is 4.79 Å². The minimum absolute atomic E-state index is 0.0659. The van der Waals surface area contributed by atoms with Gasteiger partial charge in [0, 0.05) is 12.6 Å². The van der Waals surface area contributed by atoms with E-state index in [9.17, 15) is 4.79 Å². The molecule has 1 aliphatic rings. The Morgan fingerprint density at radius 1 is 1.75 bits per heavy atom. The second-order valence-electron chi connectivity index (χ2n) is 3.21. The maximum Gasteiger partial charge on any atom is 0.234 e. The van der Waals surface area contributed by atoms with Crippen molar-refractivity contribution < 1.29 is 4.79 Å². The highest BCUT2D eigenvalue weighted by Crippen LogP contribution is 2.13. The van der Waals surface area contributed by atoms with E-state index in [1.807, 2.05) is 0 Å². The Kier molecular flexibility index (Phi) is 3.82. The number of rotatable bonds is 3. The van der Waals surface area contributed by atoms with Crippen LogP contribution in [-0.4, -0.2) is 42.9 Å². The largest absolute Gasteiger partial charge is 0.353 e. The van der Waals surface area contributed by atoms with Crippen molar-refractivity contribution in [1.29, 1.82) is 0 Å². The summed E-state index contributed by atoms with van der Waals surface area (Å²) in [5.41, 5.74) is 0. The highest BCUT2D eigenvalue weighted by Gasteiger charge is 2.20. The van der Waals surface area contributed by atoms with Crippen LogP contribution in [-0.2, 0) is 4.79 Å². The lowest BCUT2D eigenvalue weighted by Gasteiger charge is -2.19. The zero-order valence-corrected chi connectivity index (χ0v) is 8.10. The molecule has 12 heavy (non-hydrogen) atoms. The molecule has 0 unspecified atom stereocenters. The molecule has 1 N–H and O–H groups in total. The molecule has 1 atom stereocenters. The van der Waals surface area contributed by atoms with Gasteiger partial charge >= 0.3 is 0 Å². The van der Waals surface area contributed by atoms with Gasteiger partial charge in [0.2, 0.25) is 5.91 Å². The summed E-state index contributed by atoms with van der Waals surface area (Å²) in [7, 11) is 2.09. The number of likely N-dealkylation sites (N-methyl/N-ethyl adjacent to an activating group) is 1. The van der Waals surface area contributed by atoms with E-state index in [0.717, 1.165) is 13.1 Å². The molecule has 70 valence electrons. The van der Waals surface area contributed by atoms with E-state index in [1.165, 1.54) is 12.8 Å². The first-order chi connectivity index (χ1) is 5.74. The first kappa shape index (κ1) is 9.81. The quantitative estimate of drug-likeness (QED) is 0.655. The molecule has 0 aromatic heterocycles. The normalized spacial score (nSPS) is 24.3. The molecule has 1 rings (SSSR count). The molecule has 0 aromatic rings. The van der Waals surface area contributed by atoms with Gasteiger partial charge in [-0.25, -0.2) is 0 Å². The van der Waals surface area contributed by atoms with Crippen LogP contribution in [0.3, 0.4) is 0 Å². The smallest absolute Gasteiger partial charge is 0.234 e. The number of halogens is 1. The van der Waals surface area contributed by atoms with Crippen molar-refractivity contribution in [3.63, 3.8) is 0 Å². The predicted octanol–water partition coefficient (Wildman–Crippen LogP) is 0.436. The Hall–Kier alpha value is -0.280. The Labute approximate surface area is 78.1 Å². The summed E-state index contributed by atoms with van der Waals surface area (Å²) in [5.74, 6) is -0.00635. The second kappa shape index (κ2) is 4.67. The van der Waals surface area contributed by atoms with Crippen molar-refractivity contribution in [3.8, 4) is 0 Å². The van der Waals surface area contributed by atoms with Crippen LogP contribution in [0.15, 0.2) is 0 Å². The Morgan fingerprint density at radius 3 is 3.00 bits per heavy atom. The number of hydrogen-bond donors (Lipinski definition) is 1. The van der Waals surface area contributed by atoms with Crippen molar-refractivity contribution in [2.75, 3.05) is 26.0 Å². The molecule has 0 aliphatic carbocycles. The zero-order chi connectivity index (χ0) is 8.97. The zero-order valence-electron chi connectivity index (χ0n) is 7.35. The van der Waals surface area contributed by atoms with Crippen LogP contribution in [0.1, 0.15) is 12.8 Å².